The van der Waals surface area contributed by atoms with Crippen molar-refractivity contribution in [3.63, 3.8) is 0 Å². The van der Waals surface area contributed by atoms with Crippen LogP contribution in [0.25, 0.3) is 0 Å². The first-order chi connectivity index (χ1) is 10.9. The Morgan fingerprint density at radius 3 is 1.75 bits per heavy atom. The lowest BCUT2D eigenvalue weighted by Gasteiger charge is -2.65. The number of likely N-dealkylation sites (tertiary alicyclic amines) is 3. The topological polar surface area (TPSA) is 9.72 Å². The highest BCUT2D eigenvalue weighted by molar-refractivity contribution is 5.10. The van der Waals surface area contributed by atoms with Gasteiger partial charge in [-0.05, 0) is 52.9 Å². The lowest BCUT2D eigenvalue weighted by molar-refractivity contribution is -0.165. The number of hydrogen-bond donors (Lipinski definition) is 0. The van der Waals surface area contributed by atoms with Crippen LogP contribution in [-0.4, -0.2) is 71.1 Å². The van der Waals surface area contributed by atoms with Crippen LogP contribution in [0.2, 0.25) is 0 Å². The Hall–Kier alpha value is -0.120. The quantitative estimate of drug-likeness (QED) is 0.762. The fraction of sp³-hybridized carbons (Fsp3) is 1.00. The zero-order valence-corrected chi connectivity index (χ0v) is 17.5. The summed E-state index contributed by atoms with van der Waals surface area (Å²) in [4.78, 5) is 8.22. The van der Waals surface area contributed by atoms with Gasteiger partial charge in [-0.3, -0.25) is 14.7 Å². The Morgan fingerprint density at radius 1 is 0.833 bits per heavy atom. The van der Waals surface area contributed by atoms with Crippen LogP contribution in [-0.2, 0) is 0 Å². The summed E-state index contributed by atoms with van der Waals surface area (Å²) in [6.07, 6.45) is 2.72. The highest BCUT2D eigenvalue weighted by Gasteiger charge is 2.55. The van der Waals surface area contributed by atoms with E-state index in [1.54, 1.807) is 0 Å². The molecule has 2 atom stereocenters. The molecule has 3 heterocycles. The summed E-state index contributed by atoms with van der Waals surface area (Å²) in [5.74, 6) is 0. The van der Waals surface area contributed by atoms with Gasteiger partial charge in [-0.15, -0.1) is 0 Å². The van der Waals surface area contributed by atoms with Crippen LogP contribution in [0.1, 0.15) is 68.2 Å². The van der Waals surface area contributed by atoms with E-state index in [-0.39, 0.29) is 0 Å². The standard InChI is InChI=1S/C21H41N3/c1-16-9-18(10-17(2)24(16)11-19(3,4)5)22-12-21(13-22)14-23(15-21)20(6,7)8/h16-18H,9-15H2,1-8H3/t16-,17-/m1/s1. The molecule has 0 amide bonds. The first kappa shape index (κ1) is 18.7. The van der Waals surface area contributed by atoms with E-state index in [0.717, 1.165) is 18.1 Å². The van der Waals surface area contributed by atoms with Gasteiger partial charge in [0, 0.05) is 61.8 Å². The van der Waals surface area contributed by atoms with Crippen molar-refractivity contribution in [3.8, 4) is 0 Å². The normalized spacial score (nSPS) is 35.8. The van der Waals surface area contributed by atoms with Crippen molar-refractivity contribution in [2.45, 2.75) is 91.9 Å². The van der Waals surface area contributed by atoms with E-state index in [1.165, 1.54) is 45.6 Å². The maximum Gasteiger partial charge on any atom is 0.0212 e. The highest BCUT2D eigenvalue weighted by atomic mass is 15.4. The van der Waals surface area contributed by atoms with Gasteiger partial charge in [0.25, 0.3) is 0 Å². The molecule has 0 aromatic carbocycles. The van der Waals surface area contributed by atoms with Gasteiger partial charge in [-0.2, -0.15) is 0 Å². The summed E-state index contributed by atoms with van der Waals surface area (Å²) >= 11 is 0. The van der Waals surface area contributed by atoms with Crippen LogP contribution in [0.15, 0.2) is 0 Å². The van der Waals surface area contributed by atoms with E-state index in [4.69, 9.17) is 0 Å². The van der Waals surface area contributed by atoms with E-state index in [9.17, 15) is 0 Å². The lowest BCUT2D eigenvalue weighted by Crippen LogP contribution is -2.76. The number of piperidine rings is 1. The smallest absolute Gasteiger partial charge is 0.0212 e. The SMILES string of the molecule is C[C@@H]1CC(N2CC3(C2)CN(C(C)(C)C)C3)C[C@@H](C)N1CC(C)(C)C. The summed E-state index contributed by atoms with van der Waals surface area (Å²) < 4.78 is 0. The van der Waals surface area contributed by atoms with Crippen LogP contribution < -0.4 is 0 Å². The third kappa shape index (κ3) is 3.68. The van der Waals surface area contributed by atoms with Gasteiger partial charge in [0.15, 0.2) is 0 Å². The fourth-order valence-corrected chi connectivity index (χ4v) is 5.26. The Bertz CT molecular complexity index is 433. The molecule has 0 aromatic heterocycles. The molecule has 140 valence electrons. The Morgan fingerprint density at radius 2 is 1.33 bits per heavy atom. The molecule has 0 saturated carbocycles. The average molecular weight is 336 g/mol. The molecular formula is C21H41N3. The van der Waals surface area contributed by atoms with Crippen LogP contribution in [0.5, 0.6) is 0 Å². The monoisotopic (exact) mass is 335 g/mol. The molecule has 3 fully saturated rings. The van der Waals surface area contributed by atoms with E-state index >= 15 is 0 Å². The molecule has 0 radical (unpaired) electrons. The van der Waals surface area contributed by atoms with Gasteiger partial charge >= 0.3 is 0 Å². The second-order valence-corrected chi connectivity index (χ2v) is 11.5. The minimum Gasteiger partial charge on any atom is -0.299 e. The van der Waals surface area contributed by atoms with Crippen molar-refractivity contribution in [2.75, 3.05) is 32.7 Å². The minimum atomic E-state index is 0.354. The molecule has 0 aliphatic carbocycles. The van der Waals surface area contributed by atoms with E-state index in [2.05, 4.69) is 70.1 Å². The summed E-state index contributed by atoms with van der Waals surface area (Å²) in [6, 6.07) is 2.27. The molecule has 3 nitrogen and oxygen atoms in total. The zero-order valence-electron chi connectivity index (χ0n) is 17.5. The van der Waals surface area contributed by atoms with Crippen molar-refractivity contribution in [3.05, 3.63) is 0 Å². The average Bonchev–Trinajstić information content (AvgIpc) is 2.27. The molecule has 0 bridgehead atoms. The second-order valence-electron chi connectivity index (χ2n) is 11.5. The summed E-state index contributed by atoms with van der Waals surface area (Å²) in [5.41, 5.74) is 1.40. The van der Waals surface area contributed by atoms with Crippen molar-refractivity contribution < 1.29 is 0 Å². The van der Waals surface area contributed by atoms with E-state index in [0.29, 0.717) is 16.4 Å². The first-order valence-electron chi connectivity index (χ1n) is 10.1. The molecule has 3 saturated heterocycles. The molecule has 0 unspecified atom stereocenters. The van der Waals surface area contributed by atoms with Gasteiger partial charge in [0.1, 0.15) is 0 Å². The predicted molar refractivity (Wildman–Crippen MR) is 103 cm³/mol. The lowest BCUT2D eigenvalue weighted by atomic mass is 9.69. The molecule has 3 rings (SSSR count). The van der Waals surface area contributed by atoms with Gasteiger partial charge in [0.2, 0.25) is 0 Å². The highest BCUT2D eigenvalue weighted by Crippen LogP contribution is 2.45. The third-order valence-corrected chi connectivity index (χ3v) is 6.61. The maximum absolute atomic E-state index is 2.81. The number of hydrogen-bond acceptors (Lipinski definition) is 3. The van der Waals surface area contributed by atoms with Crippen molar-refractivity contribution in [1.82, 2.24) is 14.7 Å². The Kier molecular flexibility index (Phi) is 4.63. The molecular weight excluding hydrogens is 294 g/mol. The molecule has 3 aliphatic rings. The van der Waals surface area contributed by atoms with E-state index < -0.39 is 0 Å². The van der Waals surface area contributed by atoms with Crippen LogP contribution in [0.4, 0.5) is 0 Å². The van der Waals surface area contributed by atoms with Crippen LogP contribution in [0, 0.1) is 10.8 Å². The minimum absolute atomic E-state index is 0.354. The first-order valence-corrected chi connectivity index (χ1v) is 10.1. The largest absolute Gasteiger partial charge is 0.299 e. The van der Waals surface area contributed by atoms with Crippen LogP contribution in [0.3, 0.4) is 0 Å². The van der Waals surface area contributed by atoms with Crippen molar-refractivity contribution in [2.24, 2.45) is 10.8 Å². The summed E-state index contributed by atoms with van der Waals surface area (Å²) in [7, 11) is 0. The summed E-state index contributed by atoms with van der Waals surface area (Å²) in [5, 5.41) is 0. The predicted octanol–water partition coefficient (Wildman–Crippen LogP) is 3.69. The molecule has 24 heavy (non-hydrogen) atoms. The zero-order chi connectivity index (χ0) is 17.9. The van der Waals surface area contributed by atoms with Crippen molar-refractivity contribution in [1.29, 1.82) is 0 Å². The number of nitrogens with zero attached hydrogens (tertiary/aromatic N) is 3. The van der Waals surface area contributed by atoms with E-state index in [1.807, 2.05) is 0 Å². The molecule has 1 spiro atoms. The fourth-order valence-electron chi connectivity index (χ4n) is 5.26. The molecule has 3 heteroatoms. The van der Waals surface area contributed by atoms with Gasteiger partial charge in [-0.1, -0.05) is 20.8 Å². The molecule has 3 aliphatic heterocycles. The van der Waals surface area contributed by atoms with Crippen molar-refractivity contribution >= 4 is 0 Å². The molecule has 0 aromatic rings. The number of rotatable bonds is 2. The summed E-state index contributed by atoms with van der Waals surface area (Å²) in [6.45, 7) is 25.6. The van der Waals surface area contributed by atoms with Gasteiger partial charge in [0.05, 0.1) is 0 Å². The molecule has 0 N–H and O–H groups in total. The third-order valence-electron chi connectivity index (χ3n) is 6.61. The second kappa shape index (κ2) is 5.96. The Balaban J connectivity index is 1.49. The Labute approximate surface area is 150 Å². The maximum atomic E-state index is 2.81. The van der Waals surface area contributed by atoms with Gasteiger partial charge in [-0.25, -0.2) is 0 Å². The van der Waals surface area contributed by atoms with Gasteiger partial charge < -0.3 is 0 Å². The van der Waals surface area contributed by atoms with Crippen LogP contribution >= 0.6 is 0 Å².